The van der Waals surface area contributed by atoms with Gasteiger partial charge < -0.3 is 4.90 Å². The highest BCUT2D eigenvalue weighted by Crippen LogP contribution is 2.23. The van der Waals surface area contributed by atoms with E-state index in [-0.39, 0.29) is 5.91 Å². The maximum Gasteiger partial charge on any atom is 0.222 e. The second kappa shape index (κ2) is 8.09. The predicted octanol–water partition coefficient (Wildman–Crippen LogP) is 4.41. The summed E-state index contributed by atoms with van der Waals surface area (Å²) < 4.78 is 0. The third-order valence-electron chi connectivity index (χ3n) is 4.68. The van der Waals surface area contributed by atoms with Crippen LogP contribution in [0, 0.1) is 6.92 Å². The first-order valence-electron chi connectivity index (χ1n) is 9.22. The molecule has 0 aliphatic carbocycles. The van der Waals surface area contributed by atoms with Crippen LogP contribution in [0.2, 0.25) is 0 Å². The van der Waals surface area contributed by atoms with E-state index in [1.54, 1.807) is 0 Å². The quantitative estimate of drug-likeness (QED) is 0.664. The number of nitrogens with zero attached hydrogens (tertiary/aromatic N) is 3. The number of benzene rings is 2. The smallest absolute Gasteiger partial charge is 0.222 e. The molecule has 4 nitrogen and oxygen atoms in total. The summed E-state index contributed by atoms with van der Waals surface area (Å²) >= 11 is 0. The Morgan fingerprint density at radius 1 is 0.962 bits per heavy atom. The van der Waals surface area contributed by atoms with Crippen LogP contribution in [0.1, 0.15) is 31.5 Å². The summed E-state index contributed by atoms with van der Waals surface area (Å²) in [4.78, 5) is 23.8. The third-order valence-corrected chi connectivity index (χ3v) is 4.68. The minimum absolute atomic E-state index is 0.176. The van der Waals surface area contributed by atoms with Crippen LogP contribution in [0.25, 0.3) is 22.3 Å². The first-order valence-corrected chi connectivity index (χ1v) is 9.22. The van der Waals surface area contributed by atoms with Crippen LogP contribution in [0.5, 0.6) is 0 Å². The van der Waals surface area contributed by atoms with Gasteiger partial charge in [0.15, 0.2) is 5.82 Å². The van der Waals surface area contributed by atoms with E-state index in [4.69, 9.17) is 9.97 Å². The first kappa shape index (κ1) is 18.1. The molecular formula is C22H25N3O. The van der Waals surface area contributed by atoms with Crippen molar-refractivity contribution in [3.05, 3.63) is 59.8 Å². The van der Waals surface area contributed by atoms with Crippen LogP contribution < -0.4 is 0 Å². The van der Waals surface area contributed by atoms with Crippen LogP contribution >= 0.6 is 0 Å². The number of hydrogen-bond acceptors (Lipinski definition) is 3. The van der Waals surface area contributed by atoms with Gasteiger partial charge >= 0.3 is 0 Å². The van der Waals surface area contributed by atoms with E-state index in [1.807, 2.05) is 55.1 Å². The van der Waals surface area contributed by atoms with Crippen LogP contribution in [0.3, 0.4) is 0 Å². The summed E-state index contributed by atoms with van der Waals surface area (Å²) in [5.74, 6) is 0.892. The fraction of sp³-hybridized carbons (Fsp3) is 0.318. The molecule has 26 heavy (non-hydrogen) atoms. The average Bonchev–Trinajstić information content (AvgIpc) is 2.67. The lowest BCUT2D eigenvalue weighted by atomic mass is 10.1. The summed E-state index contributed by atoms with van der Waals surface area (Å²) in [6.07, 6.45) is 1.09. The SMILES string of the molecule is CCN(CC)C(=O)CCc1nc(-c2ccc(C)cc2)nc2ccccc12. The van der Waals surface area contributed by atoms with Crippen molar-refractivity contribution in [2.75, 3.05) is 13.1 Å². The highest BCUT2D eigenvalue weighted by atomic mass is 16.2. The van der Waals surface area contributed by atoms with Gasteiger partial charge in [0.1, 0.15) is 0 Å². The molecule has 0 unspecified atom stereocenters. The summed E-state index contributed by atoms with van der Waals surface area (Å²) in [6.45, 7) is 7.58. The van der Waals surface area contributed by atoms with E-state index < -0.39 is 0 Å². The molecule has 0 aliphatic rings. The molecule has 1 heterocycles. The molecule has 2 aromatic carbocycles. The summed E-state index contributed by atoms with van der Waals surface area (Å²) in [6, 6.07) is 16.2. The molecule has 0 N–H and O–H groups in total. The van der Waals surface area contributed by atoms with Gasteiger partial charge in [-0.05, 0) is 33.3 Å². The van der Waals surface area contributed by atoms with Crippen molar-refractivity contribution in [2.45, 2.75) is 33.6 Å². The number of amides is 1. The molecule has 4 heteroatoms. The molecule has 134 valence electrons. The van der Waals surface area contributed by atoms with E-state index >= 15 is 0 Å². The molecule has 0 bridgehead atoms. The van der Waals surface area contributed by atoms with Gasteiger partial charge in [-0.1, -0.05) is 48.0 Å². The molecule has 1 aromatic heterocycles. The molecule has 0 spiro atoms. The van der Waals surface area contributed by atoms with Crippen LogP contribution in [0.15, 0.2) is 48.5 Å². The van der Waals surface area contributed by atoms with E-state index in [2.05, 4.69) is 19.1 Å². The number of carbonyl (C=O) groups is 1. The Labute approximate surface area is 154 Å². The Bertz CT molecular complexity index is 899. The Morgan fingerprint density at radius 3 is 2.35 bits per heavy atom. The van der Waals surface area contributed by atoms with Crippen LogP contribution in [-0.2, 0) is 11.2 Å². The van der Waals surface area contributed by atoms with Crippen molar-refractivity contribution in [1.29, 1.82) is 0 Å². The van der Waals surface area contributed by atoms with Gasteiger partial charge in [-0.2, -0.15) is 0 Å². The van der Waals surface area contributed by atoms with Crippen molar-refractivity contribution in [3.8, 4) is 11.4 Å². The topological polar surface area (TPSA) is 46.1 Å². The lowest BCUT2D eigenvalue weighted by molar-refractivity contribution is -0.130. The second-order valence-corrected chi connectivity index (χ2v) is 6.44. The fourth-order valence-electron chi connectivity index (χ4n) is 3.12. The van der Waals surface area contributed by atoms with Crippen molar-refractivity contribution >= 4 is 16.8 Å². The maximum atomic E-state index is 12.4. The van der Waals surface area contributed by atoms with Gasteiger partial charge in [0.05, 0.1) is 11.2 Å². The number of para-hydroxylation sites is 1. The molecular weight excluding hydrogens is 322 g/mol. The van der Waals surface area contributed by atoms with Gasteiger partial charge in [-0.25, -0.2) is 9.97 Å². The Kier molecular flexibility index (Phi) is 5.61. The highest BCUT2D eigenvalue weighted by Gasteiger charge is 2.13. The number of fused-ring (bicyclic) bond motifs is 1. The second-order valence-electron chi connectivity index (χ2n) is 6.44. The lowest BCUT2D eigenvalue weighted by Gasteiger charge is -2.18. The molecule has 3 aromatic rings. The zero-order chi connectivity index (χ0) is 18.5. The largest absolute Gasteiger partial charge is 0.343 e. The van der Waals surface area contributed by atoms with E-state index in [9.17, 15) is 4.79 Å². The Hall–Kier alpha value is -2.75. The summed E-state index contributed by atoms with van der Waals surface area (Å²) in [5.41, 5.74) is 4.06. The van der Waals surface area contributed by atoms with Crippen molar-refractivity contribution in [1.82, 2.24) is 14.9 Å². The van der Waals surface area contributed by atoms with Gasteiger partial charge in [-0.3, -0.25) is 4.79 Å². The van der Waals surface area contributed by atoms with Crippen molar-refractivity contribution in [3.63, 3.8) is 0 Å². The number of rotatable bonds is 6. The van der Waals surface area contributed by atoms with Gasteiger partial charge in [0.2, 0.25) is 5.91 Å². The summed E-state index contributed by atoms with van der Waals surface area (Å²) in [7, 11) is 0. The van der Waals surface area contributed by atoms with E-state index in [1.165, 1.54) is 5.56 Å². The minimum Gasteiger partial charge on any atom is -0.343 e. The molecule has 1 amide bonds. The number of aryl methyl sites for hydroxylation is 2. The van der Waals surface area contributed by atoms with E-state index in [0.29, 0.717) is 18.7 Å². The van der Waals surface area contributed by atoms with Gasteiger partial charge in [0, 0.05) is 30.5 Å². The zero-order valence-corrected chi connectivity index (χ0v) is 15.7. The average molecular weight is 347 g/mol. The summed E-state index contributed by atoms with van der Waals surface area (Å²) in [5, 5.41) is 1.02. The molecule has 0 fully saturated rings. The number of aromatic nitrogens is 2. The number of hydrogen-bond donors (Lipinski definition) is 0. The molecule has 0 saturated carbocycles. The normalized spacial score (nSPS) is 10.9. The third kappa shape index (κ3) is 3.90. The maximum absolute atomic E-state index is 12.4. The highest BCUT2D eigenvalue weighted by molar-refractivity contribution is 5.84. The lowest BCUT2D eigenvalue weighted by Crippen LogP contribution is -2.30. The fourth-order valence-corrected chi connectivity index (χ4v) is 3.12. The molecule has 0 atom stereocenters. The van der Waals surface area contributed by atoms with Gasteiger partial charge in [-0.15, -0.1) is 0 Å². The van der Waals surface area contributed by atoms with Crippen LogP contribution in [0.4, 0.5) is 0 Å². The predicted molar refractivity (Wildman–Crippen MR) is 106 cm³/mol. The monoisotopic (exact) mass is 347 g/mol. The van der Waals surface area contributed by atoms with Crippen molar-refractivity contribution in [2.24, 2.45) is 0 Å². The van der Waals surface area contributed by atoms with E-state index in [0.717, 1.165) is 35.2 Å². The number of carbonyl (C=O) groups excluding carboxylic acids is 1. The van der Waals surface area contributed by atoms with Crippen LogP contribution in [-0.4, -0.2) is 33.9 Å². The Balaban J connectivity index is 1.95. The molecule has 3 rings (SSSR count). The molecule has 0 radical (unpaired) electrons. The molecule has 0 aliphatic heterocycles. The standard InChI is InChI=1S/C22H25N3O/c1-4-25(5-2)21(26)15-14-20-18-8-6-7-9-19(18)23-22(24-20)17-12-10-16(3)11-13-17/h6-13H,4-5,14-15H2,1-3H3. The molecule has 0 saturated heterocycles. The minimum atomic E-state index is 0.176. The Morgan fingerprint density at radius 2 is 1.65 bits per heavy atom. The van der Waals surface area contributed by atoms with Crippen molar-refractivity contribution < 1.29 is 4.79 Å². The van der Waals surface area contributed by atoms with Gasteiger partial charge in [0.25, 0.3) is 0 Å². The zero-order valence-electron chi connectivity index (χ0n) is 15.7. The first-order chi connectivity index (χ1) is 12.6.